The summed E-state index contributed by atoms with van der Waals surface area (Å²) in [5, 5.41) is 15.3. The molecule has 0 aliphatic rings. The molecule has 144 valence electrons. The molecule has 4 rings (SSSR count). The molecule has 0 radical (unpaired) electrons. The van der Waals surface area contributed by atoms with Gasteiger partial charge in [0.25, 0.3) is 5.56 Å². The first-order valence-corrected chi connectivity index (χ1v) is 8.87. The van der Waals surface area contributed by atoms with Crippen LogP contribution in [0.25, 0.3) is 11.2 Å². The zero-order valence-electron chi connectivity index (χ0n) is 15.2. The molecule has 9 nitrogen and oxygen atoms in total. The maximum atomic E-state index is 12.6. The number of nitrogens with zero attached hydrogens (tertiary/aromatic N) is 6. The predicted octanol–water partition coefficient (Wildman–Crippen LogP) is 1.66. The Morgan fingerprint density at radius 1 is 1.21 bits per heavy atom. The van der Waals surface area contributed by atoms with Crippen LogP contribution in [0, 0.1) is 0 Å². The summed E-state index contributed by atoms with van der Waals surface area (Å²) in [5.41, 5.74) is 0.0164. The van der Waals surface area contributed by atoms with Crippen LogP contribution in [0.15, 0.2) is 46.2 Å². The van der Waals surface area contributed by atoms with Crippen LogP contribution in [-0.4, -0.2) is 34.3 Å². The number of halogens is 1. The van der Waals surface area contributed by atoms with Crippen molar-refractivity contribution in [2.45, 2.75) is 25.5 Å². The van der Waals surface area contributed by atoms with Crippen molar-refractivity contribution in [1.82, 2.24) is 29.2 Å². The highest BCUT2D eigenvalue weighted by Crippen LogP contribution is 2.25. The van der Waals surface area contributed by atoms with Crippen molar-refractivity contribution in [2.75, 3.05) is 0 Å². The Balaban J connectivity index is 1.55. The smallest absolute Gasteiger partial charge is 0.280 e. The van der Waals surface area contributed by atoms with Crippen molar-refractivity contribution >= 4 is 22.8 Å². The average Bonchev–Trinajstić information content (AvgIpc) is 3.24. The topological polar surface area (TPSA) is 112 Å². The van der Waals surface area contributed by atoms with E-state index in [2.05, 4.69) is 20.1 Å². The molecule has 3 aromatic heterocycles. The summed E-state index contributed by atoms with van der Waals surface area (Å²) in [4.78, 5) is 25.1. The Morgan fingerprint density at radius 3 is 2.68 bits per heavy atom. The van der Waals surface area contributed by atoms with E-state index < -0.39 is 5.60 Å². The minimum atomic E-state index is -1.20. The number of benzene rings is 1. The highest BCUT2D eigenvalue weighted by atomic mass is 35.5. The molecule has 0 aliphatic heterocycles. The lowest BCUT2D eigenvalue weighted by molar-refractivity contribution is 0.0548. The van der Waals surface area contributed by atoms with E-state index in [1.807, 2.05) is 0 Å². The van der Waals surface area contributed by atoms with Gasteiger partial charge in [-0.1, -0.05) is 28.9 Å². The van der Waals surface area contributed by atoms with E-state index in [9.17, 15) is 9.90 Å². The summed E-state index contributed by atoms with van der Waals surface area (Å²) >= 11 is 5.89. The van der Waals surface area contributed by atoms with Gasteiger partial charge in [0.05, 0.1) is 11.9 Å². The van der Waals surface area contributed by atoms with Crippen molar-refractivity contribution in [3.8, 4) is 0 Å². The molecule has 4 aromatic rings. The van der Waals surface area contributed by atoms with E-state index in [1.54, 1.807) is 42.8 Å². The van der Waals surface area contributed by atoms with Crippen LogP contribution in [0.4, 0.5) is 0 Å². The molecule has 1 atom stereocenters. The lowest BCUT2D eigenvalue weighted by Crippen LogP contribution is -2.25. The molecule has 1 N–H and O–H groups in total. The summed E-state index contributed by atoms with van der Waals surface area (Å²) in [6.45, 7) is 1.74. The molecule has 0 bridgehead atoms. The van der Waals surface area contributed by atoms with Crippen LogP contribution in [0.1, 0.15) is 24.2 Å². The maximum absolute atomic E-state index is 12.6. The Kier molecular flexibility index (Phi) is 4.48. The summed E-state index contributed by atoms with van der Waals surface area (Å²) in [5.74, 6) is 0.574. The van der Waals surface area contributed by atoms with Gasteiger partial charge in [-0.3, -0.25) is 9.36 Å². The highest BCUT2D eigenvalue weighted by molar-refractivity contribution is 6.30. The number of hydrogen-bond acceptors (Lipinski definition) is 7. The number of hydrogen-bond donors (Lipinski definition) is 1. The van der Waals surface area contributed by atoms with Gasteiger partial charge in [-0.2, -0.15) is 4.98 Å². The van der Waals surface area contributed by atoms with Gasteiger partial charge in [0.1, 0.15) is 12.9 Å². The number of imidazole rings is 1. The molecule has 0 spiro atoms. The van der Waals surface area contributed by atoms with Gasteiger partial charge in [-0.25, -0.2) is 9.97 Å². The predicted molar refractivity (Wildman–Crippen MR) is 101 cm³/mol. The second-order valence-electron chi connectivity index (χ2n) is 6.77. The fraction of sp³-hybridized carbons (Fsp3) is 0.278. The Labute approximate surface area is 164 Å². The first kappa shape index (κ1) is 18.3. The maximum Gasteiger partial charge on any atom is 0.280 e. The first-order valence-electron chi connectivity index (χ1n) is 8.50. The Hall–Kier alpha value is -3.04. The standard InChI is InChI=1S/C18H17ClN6O3/c1-18(27,11-3-5-12(19)6-4-11)7-13-22-14(28-23-13)8-25-10-21-16-15(17(25)26)24(2)9-20-16/h3-6,9-10,27H,7-8H2,1-2H3. The fourth-order valence-corrected chi connectivity index (χ4v) is 3.10. The molecule has 1 aromatic carbocycles. The summed E-state index contributed by atoms with van der Waals surface area (Å²) in [7, 11) is 1.73. The molecule has 1 unspecified atom stereocenters. The van der Waals surface area contributed by atoms with Crippen LogP contribution in [0.2, 0.25) is 5.02 Å². The van der Waals surface area contributed by atoms with Gasteiger partial charge >= 0.3 is 0 Å². The molecular formula is C18H17ClN6O3. The minimum Gasteiger partial charge on any atom is -0.385 e. The van der Waals surface area contributed by atoms with Gasteiger partial charge < -0.3 is 14.2 Å². The fourth-order valence-electron chi connectivity index (χ4n) is 2.98. The van der Waals surface area contributed by atoms with Gasteiger partial charge in [-0.15, -0.1) is 0 Å². The molecule has 0 saturated carbocycles. The quantitative estimate of drug-likeness (QED) is 0.542. The SMILES string of the molecule is Cn1cnc2ncn(Cc3nc(CC(C)(O)c4ccc(Cl)cc4)no3)c(=O)c21. The van der Waals surface area contributed by atoms with E-state index in [-0.39, 0.29) is 24.4 Å². The third kappa shape index (κ3) is 3.41. The van der Waals surface area contributed by atoms with Gasteiger partial charge in [-0.05, 0) is 24.6 Å². The third-order valence-electron chi connectivity index (χ3n) is 4.48. The summed E-state index contributed by atoms with van der Waals surface area (Å²) < 4.78 is 8.23. The summed E-state index contributed by atoms with van der Waals surface area (Å²) in [6.07, 6.45) is 3.07. The molecule has 0 amide bonds. The molecule has 28 heavy (non-hydrogen) atoms. The second kappa shape index (κ2) is 6.84. The van der Waals surface area contributed by atoms with E-state index in [0.717, 1.165) is 0 Å². The largest absolute Gasteiger partial charge is 0.385 e. The molecule has 0 fully saturated rings. The average molecular weight is 401 g/mol. The van der Waals surface area contributed by atoms with E-state index >= 15 is 0 Å². The lowest BCUT2D eigenvalue weighted by atomic mass is 9.92. The van der Waals surface area contributed by atoms with Gasteiger partial charge in [0.2, 0.25) is 5.89 Å². The van der Waals surface area contributed by atoms with Gasteiger partial charge in [0.15, 0.2) is 17.0 Å². The van der Waals surface area contributed by atoms with Crippen LogP contribution in [0.5, 0.6) is 0 Å². The van der Waals surface area contributed by atoms with Crippen LogP contribution in [-0.2, 0) is 25.6 Å². The minimum absolute atomic E-state index is 0.0725. The second-order valence-corrected chi connectivity index (χ2v) is 7.20. The van der Waals surface area contributed by atoms with Crippen molar-refractivity contribution < 1.29 is 9.63 Å². The zero-order valence-corrected chi connectivity index (χ0v) is 16.0. The first-order chi connectivity index (χ1) is 13.3. The molecular weight excluding hydrogens is 384 g/mol. The molecule has 0 aliphatic carbocycles. The third-order valence-corrected chi connectivity index (χ3v) is 4.74. The normalized spacial score (nSPS) is 13.7. The zero-order chi connectivity index (χ0) is 19.9. The van der Waals surface area contributed by atoms with Crippen molar-refractivity contribution in [2.24, 2.45) is 7.05 Å². The number of aryl methyl sites for hydroxylation is 1. The number of aliphatic hydroxyl groups is 1. The molecule has 0 saturated heterocycles. The van der Waals surface area contributed by atoms with Crippen LogP contribution < -0.4 is 5.56 Å². The van der Waals surface area contributed by atoms with Crippen molar-refractivity contribution in [3.63, 3.8) is 0 Å². The van der Waals surface area contributed by atoms with Crippen molar-refractivity contribution in [1.29, 1.82) is 0 Å². The van der Waals surface area contributed by atoms with Gasteiger partial charge in [0, 0.05) is 18.5 Å². The highest BCUT2D eigenvalue weighted by Gasteiger charge is 2.26. The monoisotopic (exact) mass is 400 g/mol. The Bertz CT molecular complexity index is 1190. The van der Waals surface area contributed by atoms with E-state index in [4.69, 9.17) is 16.1 Å². The Morgan fingerprint density at radius 2 is 1.93 bits per heavy atom. The summed E-state index contributed by atoms with van der Waals surface area (Å²) in [6, 6.07) is 6.91. The van der Waals surface area contributed by atoms with Crippen LogP contribution in [0.3, 0.4) is 0 Å². The van der Waals surface area contributed by atoms with Crippen molar-refractivity contribution in [3.05, 3.63) is 69.6 Å². The molecule has 10 heteroatoms. The molecule has 3 heterocycles. The number of fused-ring (bicyclic) bond motifs is 1. The number of rotatable bonds is 5. The van der Waals surface area contributed by atoms with E-state index in [0.29, 0.717) is 27.6 Å². The lowest BCUT2D eigenvalue weighted by Gasteiger charge is -2.22. The van der Waals surface area contributed by atoms with E-state index in [1.165, 1.54) is 17.2 Å². The number of aromatic nitrogens is 6. The van der Waals surface area contributed by atoms with Crippen LogP contribution >= 0.6 is 11.6 Å².